The number of methoxy groups -OCH3 is 2. The Kier molecular flexibility index (Phi) is 5.96. The van der Waals surface area contributed by atoms with Crippen LogP contribution in [0.4, 0.5) is 0 Å². The lowest BCUT2D eigenvalue weighted by molar-refractivity contribution is -0.151. The van der Waals surface area contributed by atoms with Crippen molar-refractivity contribution in [2.24, 2.45) is 5.92 Å². The number of rotatable bonds is 6. The van der Waals surface area contributed by atoms with Crippen LogP contribution < -0.4 is 9.47 Å². The number of allylic oxidation sites excluding steroid dienone is 2. The van der Waals surface area contributed by atoms with E-state index < -0.39 is 11.9 Å². The summed E-state index contributed by atoms with van der Waals surface area (Å²) < 4.78 is 15.9. The second kappa shape index (κ2) is 8.39. The van der Waals surface area contributed by atoms with Crippen LogP contribution >= 0.6 is 11.3 Å². The van der Waals surface area contributed by atoms with E-state index in [-0.39, 0.29) is 18.3 Å². The van der Waals surface area contributed by atoms with Gasteiger partial charge >= 0.3 is 5.97 Å². The predicted molar refractivity (Wildman–Crippen MR) is 104 cm³/mol. The molecular formula is C21H22O5S. The first-order valence-corrected chi connectivity index (χ1v) is 9.63. The average molecular weight is 386 g/mol. The highest BCUT2D eigenvalue weighted by molar-refractivity contribution is 7.10. The van der Waals surface area contributed by atoms with Gasteiger partial charge in [-0.2, -0.15) is 0 Å². The molecule has 0 bridgehead atoms. The van der Waals surface area contributed by atoms with Crippen LogP contribution in [0.2, 0.25) is 0 Å². The molecule has 2 atom stereocenters. The van der Waals surface area contributed by atoms with Crippen molar-refractivity contribution in [3.05, 3.63) is 52.2 Å². The molecule has 142 valence electrons. The van der Waals surface area contributed by atoms with Crippen molar-refractivity contribution in [2.75, 3.05) is 20.8 Å². The maximum absolute atomic E-state index is 12.9. The standard InChI is InChI=1S/C21H22O5S/c1-4-26-21(23)20-16(19-6-5-9-27-19)10-13(11-17(20)22)15-8-7-14(24-2)12-18(15)25-3/h5-9,11-12,16,20H,4,10H2,1-3H3/t16-,20-/m1/s1. The normalized spacial score (nSPS) is 19.4. The number of hydrogen-bond donors (Lipinski definition) is 0. The third-order valence-electron chi connectivity index (χ3n) is 4.67. The van der Waals surface area contributed by atoms with Gasteiger partial charge in [0.05, 0.1) is 20.8 Å². The van der Waals surface area contributed by atoms with Gasteiger partial charge in [-0.25, -0.2) is 0 Å². The van der Waals surface area contributed by atoms with Gasteiger partial charge in [-0.15, -0.1) is 11.3 Å². The maximum Gasteiger partial charge on any atom is 0.317 e. The van der Waals surface area contributed by atoms with Crippen LogP contribution in [0, 0.1) is 5.92 Å². The third kappa shape index (κ3) is 3.90. The predicted octanol–water partition coefficient (Wildman–Crippen LogP) is 4.08. The lowest BCUT2D eigenvalue weighted by atomic mass is 9.76. The van der Waals surface area contributed by atoms with E-state index in [9.17, 15) is 9.59 Å². The zero-order valence-corrected chi connectivity index (χ0v) is 16.4. The van der Waals surface area contributed by atoms with E-state index in [4.69, 9.17) is 14.2 Å². The molecule has 0 aliphatic heterocycles. The Balaban J connectivity index is 2.03. The summed E-state index contributed by atoms with van der Waals surface area (Å²) in [6.45, 7) is 2.00. The van der Waals surface area contributed by atoms with Crippen molar-refractivity contribution in [2.45, 2.75) is 19.3 Å². The molecule has 3 rings (SSSR count). The van der Waals surface area contributed by atoms with Crippen LogP contribution in [0.25, 0.3) is 5.57 Å². The van der Waals surface area contributed by atoms with Crippen LogP contribution in [0.1, 0.15) is 29.7 Å². The van der Waals surface area contributed by atoms with Gasteiger partial charge in [0.15, 0.2) is 5.78 Å². The smallest absolute Gasteiger partial charge is 0.317 e. The molecule has 1 aliphatic carbocycles. The molecule has 0 unspecified atom stereocenters. The van der Waals surface area contributed by atoms with Gasteiger partial charge in [0.2, 0.25) is 0 Å². The second-order valence-electron chi connectivity index (χ2n) is 6.19. The highest BCUT2D eigenvalue weighted by atomic mass is 32.1. The van der Waals surface area contributed by atoms with E-state index >= 15 is 0 Å². The highest BCUT2D eigenvalue weighted by Crippen LogP contribution is 2.44. The molecule has 1 heterocycles. The Labute approximate surface area is 162 Å². The lowest BCUT2D eigenvalue weighted by Crippen LogP contribution is -2.33. The number of esters is 1. The summed E-state index contributed by atoms with van der Waals surface area (Å²) in [5.41, 5.74) is 1.67. The van der Waals surface area contributed by atoms with Crippen molar-refractivity contribution < 1.29 is 23.8 Å². The molecular weight excluding hydrogens is 364 g/mol. The van der Waals surface area contributed by atoms with Crippen LogP contribution in [0.5, 0.6) is 11.5 Å². The summed E-state index contributed by atoms with van der Waals surface area (Å²) in [6.07, 6.45) is 2.11. The van der Waals surface area contributed by atoms with Gasteiger partial charge in [-0.1, -0.05) is 6.07 Å². The number of thiophene rings is 1. The molecule has 1 aliphatic rings. The quantitative estimate of drug-likeness (QED) is 0.553. The summed E-state index contributed by atoms with van der Waals surface area (Å²) in [6, 6.07) is 9.40. The van der Waals surface area contributed by atoms with Gasteiger partial charge in [0.25, 0.3) is 0 Å². The molecule has 0 saturated carbocycles. The van der Waals surface area contributed by atoms with Crippen LogP contribution in [-0.4, -0.2) is 32.6 Å². The molecule has 27 heavy (non-hydrogen) atoms. The van der Waals surface area contributed by atoms with Gasteiger partial charge in [0, 0.05) is 22.4 Å². The van der Waals surface area contributed by atoms with Gasteiger partial charge in [0.1, 0.15) is 17.4 Å². The number of carbonyl (C=O) groups is 2. The summed E-state index contributed by atoms with van der Waals surface area (Å²) in [7, 11) is 3.18. The van der Waals surface area contributed by atoms with Crippen molar-refractivity contribution in [1.29, 1.82) is 0 Å². The second-order valence-corrected chi connectivity index (χ2v) is 7.17. The van der Waals surface area contributed by atoms with Crippen molar-refractivity contribution in [1.82, 2.24) is 0 Å². The van der Waals surface area contributed by atoms with E-state index in [1.807, 2.05) is 29.6 Å². The van der Waals surface area contributed by atoms with Crippen molar-refractivity contribution in [3.8, 4) is 11.5 Å². The summed E-state index contributed by atoms with van der Waals surface area (Å²) in [4.78, 5) is 26.3. The molecule has 0 radical (unpaired) electrons. The Hall–Kier alpha value is -2.60. The number of hydrogen-bond acceptors (Lipinski definition) is 6. The molecule has 0 N–H and O–H groups in total. The first-order valence-electron chi connectivity index (χ1n) is 8.75. The average Bonchev–Trinajstić information content (AvgIpc) is 3.21. The molecule has 6 heteroatoms. The zero-order chi connectivity index (χ0) is 19.4. The molecule has 0 saturated heterocycles. The minimum Gasteiger partial charge on any atom is -0.497 e. The van der Waals surface area contributed by atoms with Crippen LogP contribution in [0.3, 0.4) is 0 Å². The number of ketones is 1. The molecule has 0 fully saturated rings. The SMILES string of the molecule is CCOC(=O)[C@H]1C(=O)C=C(c2ccc(OC)cc2OC)C[C@@H]1c1cccs1. The van der Waals surface area contributed by atoms with E-state index in [0.29, 0.717) is 17.9 Å². The molecule has 5 nitrogen and oxygen atoms in total. The molecule has 2 aromatic rings. The minimum atomic E-state index is -0.809. The van der Waals surface area contributed by atoms with Gasteiger partial charge < -0.3 is 14.2 Å². The van der Waals surface area contributed by atoms with Crippen molar-refractivity contribution in [3.63, 3.8) is 0 Å². The number of ether oxygens (including phenoxy) is 3. The molecule has 0 amide bonds. The van der Waals surface area contributed by atoms with Gasteiger partial charge in [-0.05, 0) is 48.6 Å². The fourth-order valence-electron chi connectivity index (χ4n) is 3.40. The Morgan fingerprint density at radius 2 is 2.04 bits per heavy atom. The third-order valence-corrected chi connectivity index (χ3v) is 5.67. The monoisotopic (exact) mass is 386 g/mol. The lowest BCUT2D eigenvalue weighted by Gasteiger charge is -2.29. The molecule has 1 aromatic heterocycles. The van der Waals surface area contributed by atoms with Crippen LogP contribution in [-0.2, 0) is 14.3 Å². The first kappa shape index (κ1) is 19.2. The fraction of sp³-hybridized carbons (Fsp3) is 0.333. The van der Waals surface area contributed by atoms with E-state index in [1.165, 1.54) is 0 Å². The largest absolute Gasteiger partial charge is 0.497 e. The Bertz CT molecular complexity index is 853. The zero-order valence-electron chi connectivity index (χ0n) is 15.6. The van der Waals surface area contributed by atoms with Gasteiger partial charge in [-0.3, -0.25) is 9.59 Å². The Morgan fingerprint density at radius 3 is 2.67 bits per heavy atom. The number of benzene rings is 1. The Morgan fingerprint density at radius 1 is 1.22 bits per heavy atom. The van der Waals surface area contributed by atoms with Crippen LogP contribution in [0.15, 0.2) is 41.8 Å². The van der Waals surface area contributed by atoms with E-state index in [1.54, 1.807) is 44.6 Å². The first-order chi connectivity index (χ1) is 13.1. The topological polar surface area (TPSA) is 61.8 Å². The molecule has 0 spiro atoms. The molecule has 1 aromatic carbocycles. The summed E-state index contributed by atoms with van der Waals surface area (Å²) >= 11 is 1.55. The summed E-state index contributed by atoms with van der Waals surface area (Å²) in [5.74, 6) is -0.436. The minimum absolute atomic E-state index is 0.231. The summed E-state index contributed by atoms with van der Waals surface area (Å²) in [5, 5.41) is 1.95. The van der Waals surface area contributed by atoms with Crippen molar-refractivity contribution >= 4 is 28.7 Å². The maximum atomic E-state index is 12.9. The highest BCUT2D eigenvalue weighted by Gasteiger charge is 2.40. The fourth-order valence-corrected chi connectivity index (χ4v) is 4.27. The number of carbonyl (C=O) groups excluding carboxylic acids is 2. The van der Waals surface area contributed by atoms with E-state index in [0.717, 1.165) is 16.0 Å². The van der Waals surface area contributed by atoms with E-state index in [2.05, 4.69) is 0 Å².